The number of nitrogens with zero attached hydrogens (tertiary/aromatic N) is 3. The molecule has 7 heteroatoms. The van der Waals surface area contributed by atoms with Crippen LogP contribution in [-0.4, -0.2) is 32.5 Å². The molecule has 1 fully saturated rings. The predicted molar refractivity (Wildman–Crippen MR) is 118 cm³/mol. The van der Waals surface area contributed by atoms with E-state index in [0.29, 0.717) is 29.4 Å². The van der Waals surface area contributed by atoms with Crippen LogP contribution >= 0.6 is 11.8 Å². The molecule has 1 aromatic heterocycles. The van der Waals surface area contributed by atoms with Crippen molar-refractivity contribution in [1.82, 2.24) is 20.1 Å². The molecular weight excluding hydrogens is 396 g/mol. The Labute approximate surface area is 181 Å². The van der Waals surface area contributed by atoms with Crippen LogP contribution in [0, 0.1) is 6.92 Å². The van der Waals surface area contributed by atoms with Crippen LogP contribution in [0.3, 0.4) is 0 Å². The molecule has 0 aliphatic heterocycles. The summed E-state index contributed by atoms with van der Waals surface area (Å²) in [5.41, 5.74) is 2.11. The quantitative estimate of drug-likeness (QED) is 0.548. The van der Waals surface area contributed by atoms with Gasteiger partial charge in [0.2, 0.25) is 5.91 Å². The highest BCUT2D eigenvalue weighted by Crippen LogP contribution is 2.24. The zero-order valence-electron chi connectivity index (χ0n) is 17.1. The van der Waals surface area contributed by atoms with Gasteiger partial charge in [-0.15, -0.1) is 10.2 Å². The average Bonchev–Trinajstić information content (AvgIpc) is 3.41. The van der Waals surface area contributed by atoms with Crippen molar-refractivity contribution in [3.05, 3.63) is 66.0 Å². The standard InChI is InChI=1S/C23H26N4O2S/c1-17-8-7-11-19(14-17)27-21(15-29-20-12-3-2-4-13-20)25-26-23(27)30-16-22(28)24-18-9-5-6-10-18/h2-4,7-8,11-14,18H,5-6,9-10,15-16H2,1H3,(H,24,28). The number of nitrogens with one attached hydrogen (secondary N) is 1. The Balaban J connectivity index is 1.50. The molecule has 0 atom stereocenters. The minimum Gasteiger partial charge on any atom is -0.486 e. The first-order valence-electron chi connectivity index (χ1n) is 10.3. The maximum absolute atomic E-state index is 12.4. The van der Waals surface area contributed by atoms with Crippen molar-refractivity contribution in [2.75, 3.05) is 5.75 Å². The second-order valence-electron chi connectivity index (χ2n) is 7.51. The van der Waals surface area contributed by atoms with Crippen molar-refractivity contribution in [1.29, 1.82) is 0 Å². The summed E-state index contributed by atoms with van der Waals surface area (Å²) in [4.78, 5) is 12.4. The van der Waals surface area contributed by atoms with E-state index in [1.165, 1.54) is 24.6 Å². The maximum atomic E-state index is 12.4. The number of hydrogen-bond donors (Lipinski definition) is 1. The van der Waals surface area contributed by atoms with Crippen LogP contribution in [0.4, 0.5) is 0 Å². The molecule has 4 rings (SSSR count). The predicted octanol–water partition coefficient (Wildman–Crippen LogP) is 4.31. The molecule has 0 bridgehead atoms. The van der Waals surface area contributed by atoms with Crippen molar-refractivity contribution in [2.24, 2.45) is 0 Å². The minimum absolute atomic E-state index is 0.0489. The van der Waals surface area contributed by atoms with Gasteiger partial charge in [-0.2, -0.15) is 0 Å². The van der Waals surface area contributed by atoms with E-state index in [4.69, 9.17) is 4.74 Å². The highest BCUT2D eigenvalue weighted by molar-refractivity contribution is 7.99. The summed E-state index contributed by atoms with van der Waals surface area (Å²) in [6.45, 7) is 2.34. The molecule has 30 heavy (non-hydrogen) atoms. The number of para-hydroxylation sites is 1. The number of rotatable bonds is 8. The lowest BCUT2D eigenvalue weighted by Gasteiger charge is -2.13. The zero-order valence-corrected chi connectivity index (χ0v) is 17.9. The lowest BCUT2D eigenvalue weighted by molar-refractivity contribution is -0.119. The van der Waals surface area contributed by atoms with Crippen molar-refractivity contribution in [2.45, 2.75) is 50.4 Å². The highest BCUT2D eigenvalue weighted by Gasteiger charge is 2.19. The van der Waals surface area contributed by atoms with Gasteiger partial charge in [0.25, 0.3) is 0 Å². The summed E-state index contributed by atoms with van der Waals surface area (Å²) in [7, 11) is 0. The Morgan fingerprint density at radius 3 is 2.70 bits per heavy atom. The van der Waals surface area contributed by atoms with E-state index < -0.39 is 0 Å². The van der Waals surface area contributed by atoms with Crippen LogP contribution < -0.4 is 10.1 Å². The first-order chi connectivity index (χ1) is 14.7. The molecule has 156 valence electrons. The normalized spacial score (nSPS) is 14.0. The van der Waals surface area contributed by atoms with Crippen LogP contribution in [0.25, 0.3) is 5.69 Å². The van der Waals surface area contributed by atoms with Crippen LogP contribution in [0.5, 0.6) is 5.75 Å². The smallest absolute Gasteiger partial charge is 0.230 e. The second kappa shape index (κ2) is 9.80. The Hall–Kier alpha value is -2.80. The number of aromatic nitrogens is 3. The van der Waals surface area contributed by atoms with Gasteiger partial charge in [0, 0.05) is 11.7 Å². The molecule has 1 aliphatic rings. The number of amides is 1. The number of thioether (sulfide) groups is 1. The summed E-state index contributed by atoms with van der Waals surface area (Å²) in [6, 6.07) is 18.1. The summed E-state index contributed by atoms with van der Waals surface area (Å²) >= 11 is 1.40. The summed E-state index contributed by atoms with van der Waals surface area (Å²) < 4.78 is 7.88. The molecule has 3 aromatic rings. The van der Waals surface area contributed by atoms with Gasteiger partial charge in [-0.1, -0.05) is 54.9 Å². The third kappa shape index (κ3) is 5.21. The maximum Gasteiger partial charge on any atom is 0.230 e. The average molecular weight is 423 g/mol. The number of ether oxygens (including phenoxy) is 1. The summed E-state index contributed by atoms with van der Waals surface area (Å²) in [5.74, 6) is 1.84. The van der Waals surface area contributed by atoms with Gasteiger partial charge >= 0.3 is 0 Å². The number of carbonyl (C=O) groups excluding carboxylic acids is 1. The fourth-order valence-electron chi connectivity index (χ4n) is 3.65. The molecule has 0 radical (unpaired) electrons. The molecule has 2 aromatic carbocycles. The van der Waals surface area contributed by atoms with Crippen LogP contribution in [0.15, 0.2) is 59.8 Å². The van der Waals surface area contributed by atoms with Crippen molar-refractivity contribution < 1.29 is 9.53 Å². The molecule has 1 amide bonds. The van der Waals surface area contributed by atoms with Gasteiger partial charge < -0.3 is 10.1 Å². The molecule has 1 aliphatic carbocycles. The second-order valence-corrected chi connectivity index (χ2v) is 8.46. The molecule has 1 heterocycles. The van der Waals surface area contributed by atoms with Gasteiger partial charge in [-0.25, -0.2) is 0 Å². The van der Waals surface area contributed by atoms with E-state index in [0.717, 1.165) is 29.8 Å². The lowest BCUT2D eigenvalue weighted by Crippen LogP contribution is -2.33. The molecule has 0 saturated heterocycles. The number of carbonyl (C=O) groups is 1. The van der Waals surface area contributed by atoms with Crippen molar-refractivity contribution in [3.63, 3.8) is 0 Å². The van der Waals surface area contributed by atoms with Crippen molar-refractivity contribution >= 4 is 17.7 Å². The zero-order chi connectivity index (χ0) is 20.8. The highest BCUT2D eigenvalue weighted by atomic mass is 32.2. The summed E-state index contributed by atoms with van der Waals surface area (Å²) in [6.07, 6.45) is 4.56. The SMILES string of the molecule is Cc1cccc(-n2c(COc3ccccc3)nnc2SCC(=O)NC2CCCC2)c1. The van der Waals surface area contributed by atoms with E-state index in [2.05, 4.69) is 34.6 Å². The van der Waals surface area contributed by atoms with E-state index in [1.54, 1.807) is 0 Å². The summed E-state index contributed by atoms with van der Waals surface area (Å²) in [5, 5.41) is 12.5. The number of benzene rings is 2. The molecule has 0 unspecified atom stereocenters. The van der Waals surface area contributed by atoms with Crippen molar-refractivity contribution in [3.8, 4) is 11.4 Å². The Morgan fingerprint density at radius 1 is 1.13 bits per heavy atom. The Morgan fingerprint density at radius 2 is 1.93 bits per heavy atom. The molecule has 1 N–H and O–H groups in total. The molecule has 1 saturated carbocycles. The van der Waals surface area contributed by atoms with Gasteiger partial charge in [0.1, 0.15) is 12.4 Å². The van der Waals surface area contributed by atoms with E-state index >= 15 is 0 Å². The van der Waals surface area contributed by atoms with Gasteiger partial charge in [-0.05, 0) is 49.6 Å². The minimum atomic E-state index is 0.0489. The Bertz CT molecular complexity index is 984. The Kier molecular flexibility index (Phi) is 6.69. The van der Waals surface area contributed by atoms with Crippen LogP contribution in [-0.2, 0) is 11.4 Å². The molecule has 6 nitrogen and oxygen atoms in total. The topological polar surface area (TPSA) is 69.0 Å². The third-order valence-corrected chi connectivity index (χ3v) is 6.05. The largest absolute Gasteiger partial charge is 0.486 e. The van der Waals surface area contributed by atoms with E-state index in [9.17, 15) is 4.79 Å². The first kappa shape index (κ1) is 20.5. The molecular formula is C23H26N4O2S. The first-order valence-corrected chi connectivity index (χ1v) is 11.3. The fourth-order valence-corrected chi connectivity index (χ4v) is 4.43. The molecule has 0 spiro atoms. The number of hydrogen-bond acceptors (Lipinski definition) is 5. The van der Waals surface area contributed by atoms with Gasteiger partial charge in [0.15, 0.2) is 11.0 Å². The third-order valence-electron chi connectivity index (χ3n) is 5.12. The van der Waals surface area contributed by atoms with Gasteiger partial charge in [-0.3, -0.25) is 9.36 Å². The van der Waals surface area contributed by atoms with Crippen LogP contribution in [0.1, 0.15) is 37.1 Å². The van der Waals surface area contributed by atoms with E-state index in [1.807, 2.05) is 47.0 Å². The van der Waals surface area contributed by atoms with E-state index in [-0.39, 0.29) is 5.91 Å². The monoisotopic (exact) mass is 422 g/mol. The van der Waals surface area contributed by atoms with Crippen LogP contribution in [0.2, 0.25) is 0 Å². The fraction of sp³-hybridized carbons (Fsp3) is 0.348. The van der Waals surface area contributed by atoms with Gasteiger partial charge in [0.05, 0.1) is 5.75 Å². The lowest BCUT2D eigenvalue weighted by atomic mass is 10.2. The number of aryl methyl sites for hydroxylation is 1.